The summed E-state index contributed by atoms with van der Waals surface area (Å²) in [6.45, 7) is 1.20. The van der Waals surface area contributed by atoms with Crippen LogP contribution in [0.2, 0.25) is 0 Å². The van der Waals surface area contributed by atoms with Gasteiger partial charge in [0.2, 0.25) is 10.0 Å². The molecule has 0 spiro atoms. The number of sulfonamides is 1. The molecule has 1 aromatic carbocycles. The highest BCUT2D eigenvalue weighted by atomic mass is 32.2. The molecule has 0 atom stereocenters. The maximum Gasteiger partial charge on any atom is 0.241 e. The van der Waals surface area contributed by atoms with Crippen molar-refractivity contribution in [2.75, 3.05) is 13.2 Å². The van der Waals surface area contributed by atoms with Crippen LogP contribution in [-0.2, 0) is 16.6 Å². The minimum Gasteiger partial charge on any atom is -0.486 e. The Morgan fingerprint density at radius 3 is 2.70 bits per heavy atom. The van der Waals surface area contributed by atoms with Gasteiger partial charge in [0.25, 0.3) is 0 Å². The minimum atomic E-state index is -3.55. The first-order valence-electron chi connectivity index (χ1n) is 6.07. The number of thiophene rings is 1. The second kappa shape index (κ2) is 5.43. The first-order chi connectivity index (χ1) is 9.65. The van der Waals surface area contributed by atoms with Crippen LogP contribution in [0.25, 0.3) is 0 Å². The zero-order chi connectivity index (χ0) is 14.0. The lowest BCUT2D eigenvalue weighted by atomic mass is 10.3. The quantitative estimate of drug-likeness (QED) is 0.938. The van der Waals surface area contributed by atoms with E-state index in [0.717, 1.165) is 4.88 Å². The number of nitrogens with one attached hydrogen (secondary N) is 1. The van der Waals surface area contributed by atoms with E-state index in [0.29, 0.717) is 24.7 Å². The van der Waals surface area contributed by atoms with Crippen molar-refractivity contribution in [3.05, 3.63) is 40.6 Å². The van der Waals surface area contributed by atoms with Gasteiger partial charge >= 0.3 is 0 Å². The smallest absolute Gasteiger partial charge is 0.241 e. The fourth-order valence-corrected chi connectivity index (χ4v) is 3.61. The third kappa shape index (κ3) is 2.79. The summed E-state index contributed by atoms with van der Waals surface area (Å²) in [6, 6.07) is 8.40. The molecule has 3 rings (SSSR count). The lowest BCUT2D eigenvalue weighted by Gasteiger charge is -2.18. The molecule has 1 N–H and O–H groups in total. The van der Waals surface area contributed by atoms with E-state index in [4.69, 9.17) is 9.47 Å². The largest absolute Gasteiger partial charge is 0.486 e. The summed E-state index contributed by atoms with van der Waals surface area (Å²) >= 11 is 1.51. The first-order valence-corrected chi connectivity index (χ1v) is 8.43. The second-order valence-corrected chi connectivity index (χ2v) is 7.01. The van der Waals surface area contributed by atoms with Crippen molar-refractivity contribution < 1.29 is 17.9 Å². The molecule has 2 heterocycles. The molecule has 2 aromatic rings. The number of rotatable bonds is 4. The van der Waals surface area contributed by atoms with Gasteiger partial charge in [0.1, 0.15) is 13.2 Å². The Morgan fingerprint density at radius 1 is 1.15 bits per heavy atom. The Bertz CT molecular complexity index is 695. The lowest BCUT2D eigenvalue weighted by Crippen LogP contribution is -2.23. The van der Waals surface area contributed by atoms with Crippen molar-refractivity contribution >= 4 is 21.4 Å². The zero-order valence-corrected chi connectivity index (χ0v) is 12.2. The number of hydrogen-bond donors (Lipinski definition) is 1. The first kappa shape index (κ1) is 13.4. The van der Waals surface area contributed by atoms with Crippen LogP contribution < -0.4 is 14.2 Å². The third-order valence-electron chi connectivity index (χ3n) is 2.84. The molecule has 0 unspecified atom stereocenters. The van der Waals surface area contributed by atoms with Gasteiger partial charge in [-0.25, -0.2) is 13.1 Å². The van der Waals surface area contributed by atoms with Gasteiger partial charge in [0.05, 0.1) is 4.90 Å². The molecular formula is C13H13NO4S2. The topological polar surface area (TPSA) is 64.6 Å². The van der Waals surface area contributed by atoms with E-state index in [-0.39, 0.29) is 11.4 Å². The molecule has 1 aromatic heterocycles. The van der Waals surface area contributed by atoms with Crippen molar-refractivity contribution in [3.8, 4) is 11.5 Å². The number of fused-ring (bicyclic) bond motifs is 1. The van der Waals surface area contributed by atoms with Crippen molar-refractivity contribution in [1.82, 2.24) is 4.72 Å². The van der Waals surface area contributed by atoms with Gasteiger partial charge in [-0.3, -0.25) is 0 Å². The lowest BCUT2D eigenvalue weighted by molar-refractivity contribution is 0.171. The van der Waals surface area contributed by atoms with E-state index in [1.165, 1.54) is 23.5 Å². The van der Waals surface area contributed by atoms with Crippen LogP contribution in [0.1, 0.15) is 4.88 Å². The summed E-state index contributed by atoms with van der Waals surface area (Å²) in [5, 5.41) is 1.91. The number of ether oxygens (including phenoxy) is 2. The zero-order valence-electron chi connectivity index (χ0n) is 10.5. The fourth-order valence-electron chi connectivity index (χ4n) is 1.85. The highest BCUT2D eigenvalue weighted by Gasteiger charge is 2.19. The molecule has 1 aliphatic heterocycles. The number of benzene rings is 1. The number of hydrogen-bond acceptors (Lipinski definition) is 5. The van der Waals surface area contributed by atoms with E-state index < -0.39 is 10.0 Å². The van der Waals surface area contributed by atoms with Crippen LogP contribution in [0.3, 0.4) is 0 Å². The van der Waals surface area contributed by atoms with Gasteiger partial charge in [0, 0.05) is 17.5 Å². The SMILES string of the molecule is O=S(=O)(NCc1cccs1)c1ccc2c(c1)OCCO2. The van der Waals surface area contributed by atoms with Crippen molar-refractivity contribution in [2.45, 2.75) is 11.4 Å². The van der Waals surface area contributed by atoms with Gasteiger partial charge in [-0.05, 0) is 23.6 Å². The van der Waals surface area contributed by atoms with E-state index >= 15 is 0 Å². The molecule has 0 saturated heterocycles. The Balaban J connectivity index is 1.80. The van der Waals surface area contributed by atoms with Crippen LogP contribution in [0.15, 0.2) is 40.6 Å². The van der Waals surface area contributed by atoms with Crippen LogP contribution >= 0.6 is 11.3 Å². The Labute approximate surface area is 121 Å². The summed E-state index contributed by atoms with van der Waals surface area (Å²) in [4.78, 5) is 1.14. The average molecular weight is 311 g/mol. The second-order valence-electron chi connectivity index (χ2n) is 4.21. The third-order valence-corrected chi connectivity index (χ3v) is 5.12. The molecule has 0 saturated carbocycles. The van der Waals surface area contributed by atoms with Crippen molar-refractivity contribution in [3.63, 3.8) is 0 Å². The molecule has 20 heavy (non-hydrogen) atoms. The molecule has 5 nitrogen and oxygen atoms in total. The average Bonchev–Trinajstić information content (AvgIpc) is 2.98. The molecule has 106 valence electrons. The van der Waals surface area contributed by atoms with Gasteiger partial charge in [0.15, 0.2) is 11.5 Å². The standard InChI is InChI=1S/C13H13NO4S2/c15-20(16,14-9-10-2-1-7-19-10)11-3-4-12-13(8-11)18-6-5-17-12/h1-4,7-8,14H,5-6,9H2. The fraction of sp³-hybridized carbons (Fsp3) is 0.231. The molecule has 0 amide bonds. The van der Waals surface area contributed by atoms with E-state index in [2.05, 4.69) is 4.72 Å². The molecule has 0 fully saturated rings. The van der Waals surface area contributed by atoms with Crippen LogP contribution in [0.5, 0.6) is 11.5 Å². The summed E-state index contributed by atoms with van der Waals surface area (Å²) in [5.41, 5.74) is 0. The van der Waals surface area contributed by atoms with Gasteiger partial charge in [-0.2, -0.15) is 0 Å². The summed E-state index contributed by atoms with van der Waals surface area (Å²) in [7, 11) is -3.55. The van der Waals surface area contributed by atoms with Gasteiger partial charge < -0.3 is 9.47 Å². The van der Waals surface area contributed by atoms with Crippen LogP contribution in [0, 0.1) is 0 Å². The Kier molecular flexibility index (Phi) is 3.64. The van der Waals surface area contributed by atoms with Crippen LogP contribution in [0.4, 0.5) is 0 Å². The maximum absolute atomic E-state index is 12.2. The highest BCUT2D eigenvalue weighted by Crippen LogP contribution is 2.32. The Hall–Kier alpha value is -1.57. The highest BCUT2D eigenvalue weighted by molar-refractivity contribution is 7.89. The minimum absolute atomic E-state index is 0.179. The van der Waals surface area contributed by atoms with Gasteiger partial charge in [-0.15, -0.1) is 11.3 Å². The normalized spacial score (nSPS) is 14.2. The summed E-state index contributed by atoms with van der Waals surface area (Å²) in [5.74, 6) is 1.05. The molecule has 0 radical (unpaired) electrons. The van der Waals surface area contributed by atoms with Crippen molar-refractivity contribution in [1.29, 1.82) is 0 Å². The Morgan fingerprint density at radius 2 is 1.95 bits per heavy atom. The van der Waals surface area contributed by atoms with E-state index in [1.807, 2.05) is 17.5 Å². The molecule has 7 heteroatoms. The monoisotopic (exact) mass is 311 g/mol. The summed E-state index contributed by atoms with van der Waals surface area (Å²) in [6.07, 6.45) is 0. The molecule has 0 aliphatic carbocycles. The predicted molar refractivity (Wildman–Crippen MR) is 75.8 cm³/mol. The summed E-state index contributed by atoms with van der Waals surface area (Å²) < 4.78 is 37.8. The maximum atomic E-state index is 12.2. The van der Waals surface area contributed by atoms with Crippen molar-refractivity contribution in [2.24, 2.45) is 0 Å². The predicted octanol–water partition coefficient (Wildman–Crippen LogP) is 2.00. The van der Waals surface area contributed by atoms with E-state index in [1.54, 1.807) is 6.07 Å². The molecule has 0 bridgehead atoms. The van der Waals surface area contributed by atoms with Crippen LogP contribution in [-0.4, -0.2) is 21.6 Å². The van der Waals surface area contributed by atoms with E-state index in [9.17, 15) is 8.42 Å². The molecular weight excluding hydrogens is 298 g/mol. The molecule has 1 aliphatic rings. The van der Waals surface area contributed by atoms with Gasteiger partial charge in [-0.1, -0.05) is 6.07 Å².